The van der Waals surface area contributed by atoms with Crippen molar-refractivity contribution in [3.63, 3.8) is 0 Å². The number of methoxy groups -OCH3 is 1. The highest BCUT2D eigenvalue weighted by Crippen LogP contribution is 2.43. The topological polar surface area (TPSA) is 68.5 Å². The van der Waals surface area contributed by atoms with E-state index in [4.69, 9.17) is 4.74 Å². The van der Waals surface area contributed by atoms with E-state index < -0.39 is 40.8 Å². The number of aromatic nitrogens is 1. The van der Waals surface area contributed by atoms with E-state index in [1.165, 1.54) is 20.1 Å². The highest BCUT2D eigenvalue weighted by molar-refractivity contribution is 6.05. The second-order valence-corrected chi connectivity index (χ2v) is 8.86. The van der Waals surface area contributed by atoms with E-state index in [0.29, 0.717) is 10.9 Å². The zero-order chi connectivity index (χ0) is 24.9. The van der Waals surface area contributed by atoms with Crippen molar-refractivity contribution >= 4 is 22.8 Å². The zero-order valence-electron chi connectivity index (χ0n) is 18.7. The first kappa shape index (κ1) is 24.3. The third-order valence-electron chi connectivity index (χ3n) is 5.59. The number of fused-ring (bicyclic) bond motifs is 1. The van der Waals surface area contributed by atoms with Crippen LogP contribution < -0.4 is 4.74 Å². The summed E-state index contributed by atoms with van der Waals surface area (Å²) in [5.74, 6) is -3.79. The van der Waals surface area contributed by atoms with E-state index in [9.17, 15) is 32.3 Å². The van der Waals surface area contributed by atoms with Crippen molar-refractivity contribution in [2.75, 3.05) is 7.11 Å². The van der Waals surface area contributed by atoms with Gasteiger partial charge in [-0.15, -0.1) is 0 Å². The van der Waals surface area contributed by atoms with Gasteiger partial charge in [0.1, 0.15) is 0 Å². The van der Waals surface area contributed by atoms with E-state index in [1.807, 2.05) is 0 Å². The Morgan fingerprint density at radius 1 is 1.06 bits per heavy atom. The van der Waals surface area contributed by atoms with Gasteiger partial charge in [-0.3, -0.25) is 14.2 Å². The Kier molecular flexibility index (Phi) is 6.04. The number of hydrogen-bond acceptors (Lipinski definition) is 3. The summed E-state index contributed by atoms with van der Waals surface area (Å²) < 4.78 is 59.5. The molecule has 9 heteroatoms. The maximum Gasteiger partial charge on any atom is 0.416 e. The molecular formula is C24H23F4NO4. The summed E-state index contributed by atoms with van der Waals surface area (Å²) in [5, 5.41) is 10.3. The lowest BCUT2D eigenvalue weighted by Crippen LogP contribution is -2.27. The lowest BCUT2D eigenvalue weighted by molar-refractivity contribution is -0.141. The minimum atomic E-state index is -4.56. The average molecular weight is 465 g/mol. The predicted octanol–water partition coefficient (Wildman–Crippen LogP) is 6.02. The predicted molar refractivity (Wildman–Crippen MR) is 114 cm³/mol. The highest BCUT2D eigenvalue weighted by Gasteiger charge is 2.38. The number of carboxylic acid groups (broad SMARTS) is 1. The van der Waals surface area contributed by atoms with Crippen LogP contribution in [-0.4, -0.2) is 28.7 Å². The molecule has 0 saturated carbocycles. The van der Waals surface area contributed by atoms with E-state index in [-0.39, 0.29) is 22.5 Å². The smallest absolute Gasteiger partial charge is 0.416 e. The lowest BCUT2D eigenvalue weighted by atomic mass is 9.75. The normalized spacial score (nSPS) is 13.2. The molecule has 0 spiro atoms. The lowest BCUT2D eigenvalue weighted by Gasteiger charge is -2.28. The van der Waals surface area contributed by atoms with E-state index in [0.717, 1.165) is 34.9 Å². The molecule has 0 radical (unpaired) electrons. The van der Waals surface area contributed by atoms with E-state index in [1.54, 1.807) is 20.8 Å². The number of nitrogens with zero attached hydrogens (tertiary/aromatic N) is 1. The number of hydrogen-bond donors (Lipinski definition) is 1. The van der Waals surface area contributed by atoms with Gasteiger partial charge in [0, 0.05) is 22.7 Å². The van der Waals surface area contributed by atoms with Gasteiger partial charge in [0.05, 0.1) is 24.1 Å². The van der Waals surface area contributed by atoms with Crippen LogP contribution in [0.2, 0.25) is 0 Å². The monoisotopic (exact) mass is 465 g/mol. The van der Waals surface area contributed by atoms with Gasteiger partial charge in [-0.25, -0.2) is 4.39 Å². The van der Waals surface area contributed by atoms with Crippen molar-refractivity contribution in [1.82, 2.24) is 4.57 Å². The zero-order valence-corrected chi connectivity index (χ0v) is 18.7. The van der Waals surface area contributed by atoms with Crippen LogP contribution in [-0.2, 0) is 11.0 Å². The molecule has 1 unspecified atom stereocenters. The van der Waals surface area contributed by atoms with Crippen molar-refractivity contribution < 1.29 is 37.0 Å². The Morgan fingerprint density at radius 3 is 2.09 bits per heavy atom. The SMILES string of the molecule is COc1cc2c(C(C(=O)O)C(C)(C)C)c(C)n(C(=O)c3ccc(C(F)(F)F)cc3)c2cc1F. The number of rotatable bonds is 4. The van der Waals surface area contributed by atoms with Crippen molar-refractivity contribution in [3.8, 4) is 5.75 Å². The van der Waals surface area contributed by atoms with Gasteiger partial charge in [0.2, 0.25) is 0 Å². The first-order chi connectivity index (χ1) is 15.2. The van der Waals surface area contributed by atoms with Crippen LogP contribution >= 0.6 is 0 Å². The van der Waals surface area contributed by atoms with Gasteiger partial charge >= 0.3 is 12.1 Å². The molecule has 0 bridgehead atoms. The van der Waals surface area contributed by atoms with Crippen LogP contribution in [0.15, 0.2) is 36.4 Å². The molecular weight excluding hydrogens is 442 g/mol. The molecule has 1 heterocycles. The molecule has 3 aromatic rings. The van der Waals surface area contributed by atoms with Gasteiger partial charge in [-0.1, -0.05) is 20.8 Å². The minimum Gasteiger partial charge on any atom is -0.494 e. The average Bonchev–Trinajstić information content (AvgIpc) is 2.96. The van der Waals surface area contributed by atoms with Crippen LogP contribution in [0, 0.1) is 18.2 Å². The molecule has 1 atom stereocenters. The summed E-state index contributed by atoms with van der Waals surface area (Å²) in [6.07, 6.45) is -4.56. The van der Waals surface area contributed by atoms with Crippen LogP contribution in [0.5, 0.6) is 5.75 Å². The summed E-state index contributed by atoms with van der Waals surface area (Å²) in [6.45, 7) is 6.72. The molecule has 33 heavy (non-hydrogen) atoms. The summed E-state index contributed by atoms with van der Waals surface area (Å²) in [4.78, 5) is 25.6. The van der Waals surface area contributed by atoms with Gasteiger partial charge in [-0.05, 0) is 48.2 Å². The molecule has 2 aromatic carbocycles. The number of halogens is 4. The Bertz CT molecular complexity index is 1230. The third kappa shape index (κ3) is 4.31. The van der Waals surface area contributed by atoms with Crippen LogP contribution in [0.4, 0.5) is 17.6 Å². The summed E-state index contributed by atoms with van der Waals surface area (Å²) in [6, 6.07) is 6.05. The standard InChI is InChI=1S/C24H23F4NO4/c1-12-19(20(22(31)32)23(2,3)4)15-10-18(33-5)16(25)11-17(15)29(12)21(30)13-6-8-14(9-7-13)24(26,27)28/h6-11,20H,1-5H3,(H,31,32). The molecule has 0 aliphatic rings. The fraction of sp³-hybridized carbons (Fsp3) is 0.333. The van der Waals surface area contributed by atoms with Gasteiger partial charge in [-0.2, -0.15) is 13.2 Å². The molecule has 0 aliphatic heterocycles. The summed E-state index contributed by atoms with van der Waals surface area (Å²) in [5.41, 5.74) is -1.08. The molecule has 176 valence electrons. The molecule has 0 fully saturated rings. The number of ether oxygens (including phenoxy) is 1. The fourth-order valence-electron chi connectivity index (χ4n) is 4.08. The number of carboxylic acids is 1. The second-order valence-electron chi connectivity index (χ2n) is 8.86. The quantitative estimate of drug-likeness (QED) is 0.479. The maximum atomic E-state index is 14.6. The fourth-order valence-corrected chi connectivity index (χ4v) is 4.08. The minimum absolute atomic E-state index is 0.0617. The van der Waals surface area contributed by atoms with E-state index in [2.05, 4.69) is 0 Å². The van der Waals surface area contributed by atoms with Crippen molar-refractivity contribution in [3.05, 3.63) is 64.6 Å². The van der Waals surface area contributed by atoms with Crippen LogP contribution in [0.3, 0.4) is 0 Å². The molecule has 0 amide bonds. The van der Waals surface area contributed by atoms with Crippen molar-refractivity contribution in [2.45, 2.75) is 39.8 Å². The number of aliphatic carboxylic acids is 1. The number of carbonyl (C=O) groups excluding carboxylic acids is 1. The number of alkyl halides is 3. The maximum absolute atomic E-state index is 14.6. The first-order valence-corrected chi connectivity index (χ1v) is 10.0. The van der Waals surface area contributed by atoms with Gasteiger partial charge in [0.15, 0.2) is 11.6 Å². The highest BCUT2D eigenvalue weighted by atomic mass is 19.4. The molecule has 0 aliphatic carbocycles. The number of benzene rings is 2. The third-order valence-corrected chi connectivity index (χ3v) is 5.59. The number of carbonyl (C=O) groups is 2. The van der Waals surface area contributed by atoms with Crippen LogP contribution in [0.25, 0.3) is 10.9 Å². The Balaban J connectivity index is 2.32. The molecule has 0 saturated heterocycles. The van der Waals surface area contributed by atoms with Crippen molar-refractivity contribution in [2.24, 2.45) is 5.41 Å². The van der Waals surface area contributed by atoms with Gasteiger partial charge in [0.25, 0.3) is 5.91 Å². The Morgan fingerprint density at radius 2 is 1.64 bits per heavy atom. The largest absolute Gasteiger partial charge is 0.494 e. The molecule has 5 nitrogen and oxygen atoms in total. The Hall–Kier alpha value is -3.36. The molecule has 1 aromatic heterocycles. The van der Waals surface area contributed by atoms with E-state index >= 15 is 0 Å². The molecule has 3 rings (SSSR count). The summed E-state index contributed by atoms with van der Waals surface area (Å²) >= 11 is 0. The second kappa shape index (κ2) is 8.20. The Labute approximate surface area is 187 Å². The van der Waals surface area contributed by atoms with Gasteiger partial charge < -0.3 is 9.84 Å². The molecule has 1 N–H and O–H groups in total. The van der Waals surface area contributed by atoms with Crippen LogP contribution in [0.1, 0.15) is 53.9 Å². The van der Waals surface area contributed by atoms with Crippen molar-refractivity contribution in [1.29, 1.82) is 0 Å². The first-order valence-electron chi connectivity index (χ1n) is 10.0. The summed E-state index contributed by atoms with van der Waals surface area (Å²) in [7, 11) is 1.26.